The van der Waals surface area contributed by atoms with Crippen molar-refractivity contribution in [2.45, 2.75) is 63.6 Å². The topological polar surface area (TPSA) is 66.4 Å². The number of carbonyl (C=O) groups is 1. The van der Waals surface area contributed by atoms with Crippen molar-refractivity contribution < 1.29 is 4.79 Å². The molecule has 1 fully saturated rings. The summed E-state index contributed by atoms with van der Waals surface area (Å²) in [4.78, 5) is 26.5. The number of carbonyl (C=O) groups excluding carboxylic acids is 1. The van der Waals surface area contributed by atoms with Gasteiger partial charge in [0.25, 0.3) is 5.56 Å². The molecule has 2 aliphatic carbocycles. The van der Waals surface area contributed by atoms with E-state index in [1.807, 2.05) is 24.7 Å². The van der Waals surface area contributed by atoms with E-state index < -0.39 is 0 Å². The average Bonchev–Trinajstić information content (AvgIpc) is 3.06. The molecule has 2 aliphatic rings. The molecule has 1 unspecified atom stereocenters. The molecule has 0 spiro atoms. The Morgan fingerprint density at radius 3 is 2.60 bits per heavy atom. The number of nitrogens with one attached hydrogen (secondary N) is 2. The lowest BCUT2D eigenvalue weighted by Crippen LogP contribution is -2.47. The van der Waals surface area contributed by atoms with Crippen molar-refractivity contribution in [2.75, 3.05) is 20.6 Å². The van der Waals surface area contributed by atoms with Crippen LogP contribution in [0.25, 0.3) is 0 Å². The molecule has 138 valence electrons. The van der Waals surface area contributed by atoms with E-state index in [0.717, 1.165) is 50.9 Å². The normalized spacial score (nSPS) is 20.5. The van der Waals surface area contributed by atoms with Gasteiger partial charge < -0.3 is 20.1 Å². The number of rotatable bonds is 5. The van der Waals surface area contributed by atoms with Crippen molar-refractivity contribution in [1.29, 1.82) is 0 Å². The zero-order valence-corrected chi connectivity index (χ0v) is 15.4. The maximum Gasteiger partial charge on any atom is 0.315 e. The molecule has 3 rings (SSSR count). The van der Waals surface area contributed by atoms with Gasteiger partial charge in [0.15, 0.2) is 0 Å². The Hall–Kier alpha value is -1.82. The molecule has 1 atom stereocenters. The smallest absolute Gasteiger partial charge is 0.315 e. The molecule has 0 aliphatic heterocycles. The molecule has 2 N–H and O–H groups in total. The summed E-state index contributed by atoms with van der Waals surface area (Å²) in [5, 5.41) is 6.22. The Morgan fingerprint density at radius 2 is 1.88 bits per heavy atom. The van der Waals surface area contributed by atoms with Crippen molar-refractivity contribution in [3.63, 3.8) is 0 Å². The molecule has 0 aromatic carbocycles. The second kappa shape index (κ2) is 8.04. The third kappa shape index (κ3) is 4.63. The Balaban J connectivity index is 1.62. The highest BCUT2D eigenvalue weighted by Crippen LogP contribution is 2.21. The molecule has 1 saturated carbocycles. The molecule has 0 bridgehead atoms. The van der Waals surface area contributed by atoms with Crippen LogP contribution in [0.5, 0.6) is 0 Å². The molecular weight excluding hydrogens is 316 g/mol. The van der Waals surface area contributed by atoms with Crippen LogP contribution < -0.4 is 16.2 Å². The number of hydrogen-bond donors (Lipinski definition) is 2. The first-order chi connectivity index (χ1) is 12.0. The predicted molar refractivity (Wildman–Crippen MR) is 99.0 cm³/mol. The van der Waals surface area contributed by atoms with Crippen LogP contribution in [0.15, 0.2) is 16.9 Å². The van der Waals surface area contributed by atoms with Gasteiger partial charge in [-0.3, -0.25) is 4.79 Å². The Labute approximate surface area is 149 Å². The zero-order chi connectivity index (χ0) is 17.8. The van der Waals surface area contributed by atoms with E-state index in [1.54, 1.807) is 6.07 Å². The Kier molecular flexibility index (Phi) is 5.78. The minimum Gasteiger partial charge on any atom is -0.335 e. The van der Waals surface area contributed by atoms with Crippen LogP contribution in [0.4, 0.5) is 4.79 Å². The van der Waals surface area contributed by atoms with Crippen molar-refractivity contribution in [2.24, 2.45) is 0 Å². The van der Waals surface area contributed by atoms with Gasteiger partial charge in [-0.1, -0.05) is 18.9 Å². The third-order valence-electron chi connectivity index (χ3n) is 5.38. The number of hydrogen-bond acceptors (Lipinski definition) is 3. The van der Waals surface area contributed by atoms with E-state index in [4.69, 9.17) is 0 Å². The third-order valence-corrected chi connectivity index (χ3v) is 5.38. The summed E-state index contributed by atoms with van der Waals surface area (Å²) < 4.78 is 1.91. The van der Waals surface area contributed by atoms with Crippen LogP contribution in [-0.4, -0.2) is 48.2 Å². The highest BCUT2D eigenvalue weighted by Gasteiger charge is 2.24. The quantitative estimate of drug-likeness (QED) is 0.849. The van der Waals surface area contributed by atoms with E-state index in [2.05, 4.69) is 15.5 Å². The number of aromatic nitrogens is 1. The fourth-order valence-electron chi connectivity index (χ4n) is 3.98. The van der Waals surface area contributed by atoms with Gasteiger partial charge in [-0.05, 0) is 51.8 Å². The standard InChI is InChI=1S/C19H30N4O2/c1-22(2)11-12-23-17-9-8-16(13-14(17)7-10-18(23)24)21-19(25)20-15-5-3-4-6-15/h7,10,15-16H,3-6,8-9,11-13H2,1-2H3,(H2,20,21,25). The first-order valence-electron chi connectivity index (χ1n) is 9.46. The average molecular weight is 346 g/mol. The largest absolute Gasteiger partial charge is 0.335 e. The van der Waals surface area contributed by atoms with Gasteiger partial charge in [-0.2, -0.15) is 0 Å². The molecular formula is C19H30N4O2. The van der Waals surface area contributed by atoms with Crippen molar-refractivity contribution >= 4 is 6.03 Å². The first kappa shape index (κ1) is 18.0. The first-order valence-corrected chi connectivity index (χ1v) is 9.46. The zero-order valence-electron chi connectivity index (χ0n) is 15.4. The summed E-state index contributed by atoms with van der Waals surface area (Å²) in [5.41, 5.74) is 2.41. The number of amides is 2. The maximum absolute atomic E-state index is 12.2. The molecule has 1 aromatic rings. The van der Waals surface area contributed by atoms with Crippen molar-refractivity contribution in [1.82, 2.24) is 20.1 Å². The summed E-state index contributed by atoms with van der Waals surface area (Å²) in [6.45, 7) is 1.57. The number of nitrogens with zero attached hydrogens (tertiary/aromatic N) is 2. The monoisotopic (exact) mass is 346 g/mol. The highest BCUT2D eigenvalue weighted by atomic mass is 16.2. The second-order valence-corrected chi connectivity index (χ2v) is 7.64. The van der Waals surface area contributed by atoms with Gasteiger partial charge in [0.1, 0.15) is 0 Å². The molecule has 25 heavy (non-hydrogen) atoms. The van der Waals surface area contributed by atoms with Crippen LogP contribution in [0.3, 0.4) is 0 Å². The Morgan fingerprint density at radius 1 is 1.16 bits per heavy atom. The second-order valence-electron chi connectivity index (χ2n) is 7.64. The van der Waals surface area contributed by atoms with Gasteiger partial charge in [-0.15, -0.1) is 0 Å². The Bertz CT molecular complexity index is 662. The lowest BCUT2D eigenvalue weighted by molar-refractivity contribution is 0.231. The van der Waals surface area contributed by atoms with Crippen molar-refractivity contribution in [3.8, 4) is 0 Å². The minimum absolute atomic E-state index is 0.0405. The molecule has 2 amide bonds. The lowest BCUT2D eigenvalue weighted by atomic mass is 9.91. The van der Waals surface area contributed by atoms with Gasteiger partial charge in [-0.25, -0.2) is 4.79 Å². The molecule has 1 aromatic heterocycles. The SMILES string of the molecule is CN(C)CCn1c2c(ccc1=O)CC(NC(=O)NC1CCCC1)CC2. The van der Waals surface area contributed by atoms with E-state index in [9.17, 15) is 9.59 Å². The van der Waals surface area contributed by atoms with Gasteiger partial charge in [0.2, 0.25) is 0 Å². The fourth-order valence-corrected chi connectivity index (χ4v) is 3.98. The number of urea groups is 1. The van der Waals surface area contributed by atoms with E-state index in [1.165, 1.54) is 18.4 Å². The van der Waals surface area contributed by atoms with Gasteiger partial charge in [0.05, 0.1) is 0 Å². The summed E-state index contributed by atoms with van der Waals surface area (Å²) in [6, 6.07) is 4.05. The fraction of sp³-hybridized carbons (Fsp3) is 0.684. The lowest BCUT2D eigenvalue weighted by Gasteiger charge is -2.28. The molecule has 6 heteroatoms. The number of fused-ring (bicyclic) bond motifs is 1. The van der Waals surface area contributed by atoms with Crippen LogP contribution in [0, 0.1) is 0 Å². The molecule has 1 heterocycles. The number of likely N-dealkylation sites (N-methyl/N-ethyl adjacent to an activating group) is 1. The van der Waals surface area contributed by atoms with E-state index in [-0.39, 0.29) is 17.6 Å². The summed E-state index contributed by atoms with van der Waals surface area (Å²) in [6.07, 6.45) is 7.15. The van der Waals surface area contributed by atoms with Crippen LogP contribution in [-0.2, 0) is 19.4 Å². The highest BCUT2D eigenvalue weighted by molar-refractivity contribution is 5.74. The summed E-state index contributed by atoms with van der Waals surface area (Å²) in [7, 11) is 4.03. The van der Waals surface area contributed by atoms with Crippen molar-refractivity contribution in [3.05, 3.63) is 33.7 Å². The van der Waals surface area contributed by atoms with Gasteiger partial charge in [0, 0.05) is 36.9 Å². The number of pyridine rings is 1. The summed E-state index contributed by atoms with van der Waals surface area (Å²) >= 11 is 0. The minimum atomic E-state index is -0.0405. The van der Waals surface area contributed by atoms with E-state index >= 15 is 0 Å². The van der Waals surface area contributed by atoms with Crippen LogP contribution in [0.2, 0.25) is 0 Å². The predicted octanol–water partition coefficient (Wildman–Crippen LogP) is 1.51. The molecule has 0 saturated heterocycles. The van der Waals surface area contributed by atoms with E-state index in [0.29, 0.717) is 6.04 Å². The summed E-state index contributed by atoms with van der Waals surface area (Å²) in [5.74, 6) is 0. The maximum atomic E-state index is 12.2. The molecule has 0 radical (unpaired) electrons. The van der Waals surface area contributed by atoms with Gasteiger partial charge >= 0.3 is 6.03 Å². The molecule has 6 nitrogen and oxygen atoms in total. The van der Waals surface area contributed by atoms with Crippen LogP contribution >= 0.6 is 0 Å². The van der Waals surface area contributed by atoms with Crippen LogP contribution in [0.1, 0.15) is 43.4 Å².